The Morgan fingerprint density at radius 3 is 1.79 bits per heavy atom. The molecule has 3 aromatic rings. The molecular weight excluding hydrogens is 480 g/mol. The summed E-state index contributed by atoms with van der Waals surface area (Å²) in [7, 11) is 3.27. The maximum Gasteiger partial charge on any atom is 0.143 e. The number of terminal acetylenes is 1. The summed E-state index contributed by atoms with van der Waals surface area (Å²) in [6.07, 6.45) is 7.07. The van der Waals surface area contributed by atoms with Gasteiger partial charge in [0.15, 0.2) is 0 Å². The van der Waals surface area contributed by atoms with Crippen molar-refractivity contribution in [3.63, 3.8) is 0 Å². The summed E-state index contributed by atoms with van der Waals surface area (Å²) in [6, 6.07) is 25.5. The second-order valence-electron chi connectivity index (χ2n) is 8.95. The van der Waals surface area contributed by atoms with Crippen LogP contribution in [0.4, 0.5) is 0 Å². The molecule has 0 aliphatic carbocycles. The first-order valence-electron chi connectivity index (χ1n) is 12.4. The fourth-order valence-corrected chi connectivity index (χ4v) is 4.28. The van der Waals surface area contributed by atoms with Crippen molar-refractivity contribution in [1.29, 1.82) is 0 Å². The van der Waals surface area contributed by atoms with E-state index in [2.05, 4.69) is 12.5 Å². The Morgan fingerprint density at radius 2 is 1.32 bits per heavy atom. The maximum absolute atomic E-state index is 10.6. The van der Waals surface area contributed by atoms with Crippen LogP contribution in [0.25, 0.3) is 0 Å². The van der Waals surface area contributed by atoms with Gasteiger partial charge in [0.1, 0.15) is 23.7 Å². The molecule has 1 unspecified atom stereocenters. The Balaban J connectivity index is 2.16. The van der Waals surface area contributed by atoms with E-state index in [0.29, 0.717) is 6.61 Å². The van der Waals surface area contributed by atoms with Crippen molar-refractivity contribution in [1.82, 2.24) is 0 Å². The molecule has 0 radical (unpaired) electrons. The zero-order valence-electron chi connectivity index (χ0n) is 22.1. The van der Waals surface area contributed by atoms with Gasteiger partial charge in [0, 0.05) is 0 Å². The lowest BCUT2D eigenvalue weighted by Crippen LogP contribution is -2.45. The third kappa shape index (κ3) is 6.83. The Morgan fingerprint density at radius 1 is 0.789 bits per heavy atom. The van der Waals surface area contributed by atoms with Gasteiger partial charge in [-0.25, -0.2) is 0 Å². The maximum atomic E-state index is 10.6. The summed E-state index contributed by atoms with van der Waals surface area (Å²) in [5.74, 6) is 3.94. The van der Waals surface area contributed by atoms with Gasteiger partial charge in [-0.15, -0.1) is 13.0 Å². The summed E-state index contributed by atoms with van der Waals surface area (Å²) >= 11 is 0. The molecule has 0 saturated heterocycles. The number of aliphatic hydroxyl groups excluding tert-OH is 1. The fraction of sp³-hybridized carbons (Fsp3) is 0.312. The zero-order chi connectivity index (χ0) is 27.3. The van der Waals surface area contributed by atoms with Crippen molar-refractivity contribution >= 4 is 0 Å². The quantitative estimate of drug-likeness (QED) is 0.127. The van der Waals surface area contributed by atoms with E-state index >= 15 is 0 Å². The van der Waals surface area contributed by atoms with Gasteiger partial charge >= 0.3 is 0 Å². The number of hydrogen-bond donors (Lipinski definition) is 1. The molecule has 1 atom stereocenters. The highest BCUT2D eigenvalue weighted by atomic mass is 16.5. The standard InChI is InChI=1S/C32H36O6/c1-5-20-36-23-31(22-33,24-37-21-6-2)25-38-32(26-10-8-7-9-11-26,27-12-16-29(34-3)17-13-27)28-14-18-30(35-4)19-15-28/h1,6-19,33H,2,20-25H2,3-4H3. The van der Waals surface area contributed by atoms with Gasteiger partial charge in [0.25, 0.3) is 0 Å². The Bertz CT molecular complexity index is 1100. The van der Waals surface area contributed by atoms with Crippen molar-refractivity contribution in [2.75, 3.05) is 53.9 Å². The molecule has 6 heteroatoms. The van der Waals surface area contributed by atoms with Crippen LogP contribution in [0.1, 0.15) is 16.7 Å². The first-order valence-corrected chi connectivity index (χ1v) is 12.4. The molecule has 3 aromatic carbocycles. The average molecular weight is 517 g/mol. The van der Waals surface area contributed by atoms with Crippen molar-refractivity contribution < 1.29 is 28.8 Å². The largest absolute Gasteiger partial charge is 0.497 e. The predicted octanol–water partition coefficient (Wildman–Crippen LogP) is 4.84. The monoisotopic (exact) mass is 516 g/mol. The summed E-state index contributed by atoms with van der Waals surface area (Å²) in [5.41, 5.74) is 0.777. The van der Waals surface area contributed by atoms with Crippen LogP contribution >= 0.6 is 0 Å². The van der Waals surface area contributed by atoms with Crippen LogP contribution in [-0.2, 0) is 19.8 Å². The summed E-state index contributed by atoms with van der Waals surface area (Å²) in [5, 5.41) is 10.6. The molecule has 6 nitrogen and oxygen atoms in total. The summed E-state index contributed by atoms with van der Waals surface area (Å²) in [4.78, 5) is 0. The Hall–Kier alpha value is -3.60. The van der Waals surface area contributed by atoms with E-state index in [4.69, 9.17) is 30.1 Å². The predicted molar refractivity (Wildman–Crippen MR) is 148 cm³/mol. The smallest absolute Gasteiger partial charge is 0.143 e. The number of rotatable bonds is 16. The molecule has 0 heterocycles. The van der Waals surface area contributed by atoms with E-state index in [0.717, 1.165) is 28.2 Å². The molecule has 3 rings (SSSR count). The minimum Gasteiger partial charge on any atom is -0.497 e. The van der Waals surface area contributed by atoms with Crippen LogP contribution in [-0.4, -0.2) is 59.0 Å². The SMILES string of the molecule is C#CCOCC(CO)(COCC=C)COC(c1ccccc1)(c1ccc(OC)cc1)c1ccc(OC)cc1. The molecule has 0 aliphatic heterocycles. The molecule has 0 amide bonds. The second kappa shape index (κ2) is 14.4. The number of hydrogen-bond acceptors (Lipinski definition) is 6. The minimum absolute atomic E-state index is 0.109. The number of aliphatic hydroxyl groups is 1. The van der Waals surface area contributed by atoms with Gasteiger partial charge in [-0.3, -0.25) is 0 Å². The van der Waals surface area contributed by atoms with Crippen LogP contribution in [0.5, 0.6) is 11.5 Å². The van der Waals surface area contributed by atoms with E-state index in [1.165, 1.54) is 0 Å². The van der Waals surface area contributed by atoms with Crippen LogP contribution in [0, 0.1) is 17.8 Å². The van der Waals surface area contributed by atoms with Crippen LogP contribution in [0.3, 0.4) is 0 Å². The molecule has 0 aliphatic rings. The molecule has 0 spiro atoms. The first kappa shape index (κ1) is 29.0. The van der Waals surface area contributed by atoms with Gasteiger partial charge < -0.3 is 28.8 Å². The number of benzene rings is 3. The normalized spacial score (nSPS) is 12.8. The Labute approximate surface area is 225 Å². The highest BCUT2D eigenvalue weighted by Gasteiger charge is 2.41. The molecule has 0 fully saturated rings. The molecule has 38 heavy (non-hydrogen) atoms. The van der Waals surface area contributed by atoms with Gasteiger partial charge in [-0.1, -0.05) is 66.6 Å². The van der Waals surface area contributed by atoms with Crippen LogP contribution in [0.15, 0.2) is 91.5 Å². The van der Waals surface area contributed by atoms with E-state index in [1.54, 1.807) is 20.3 Å². The summed E-state index contributed by atoms with van der Waals surface area (Å²) < 4.78 is 29.3. The van der Waals surface area contributed by atoms with Crippen molar-refractivity contribution in [3.05, 3.63) is 108 Å². The lowest BCUT2D eigenvalue weighted by Gasteiger charge is -2.40. The van der Waals surface area contributed by atoms with Gasteiger partial charge in [-0.05, 0) is 41.0 Å². The zero-order valence-corrected chi connectivity index (χ0v) is 22.1. The lowest BCUT2D eigenvalue weighted by atomic mass is 9.79. The molecule has 1 N–H and O–H groups in total. The molecule has 0 saturated carbocycles. The lowest BCUT2D eigenvalue weighted by molar-refractivity contribution is -0.115. The van der Waals surface area contributed by atoms with E-state index in [-0.39, 0.29) is 33.0 Å². The Kier molecular flexibility index (Phi) is 11.0. The second-order valence-corrected chi connectivity index (χ2v) is 8.95. The molecule has 200 valence electrons. The highest BCUT2D eigenvalue weighted by Crippen LogP contribution is 2.43. The van der Waals surface area contributed by atoms with Crippen molar-refractivity contribution in [2.24, 2.45) is 5.41 Å². The molecular formula is C32H36O6. The average Bonchev–Trinajstić information content (AvgIpc) is 2.98. The molecule has 0 aromatic heterocycles. The summed E-state index contributed by atoms with van der Waals surface area (Å²) in [6.45, 7) is 4.39. The van der Waals surface area contributed by atoms with Crippen LogP contribution < -0.4 is 9.47 Å². The van der Waals surface area contributed by atoms with Gasteiger partial charge in [-0.2, -0.15) is 0 Å². The highest BCUT2D eigenvalue weighted by molar-refractivity contribution is 5.49. The van der Waals surface area contributed by atoms with Crippen LogP contribution in [0.2, 0.25) is 0 Å². The topological polar surface area (TPSA) is 66.4 Å². The van der Waals surface area contributed by atoms with E-state index in [1.807, 2.05) is 78.9 Å². The van der Waals surface area contributed by atoms with E-state index in [9.17, 15) is 5.11 Å². The fourth-order valence-electron chi connectivity index (χ4n) is 4.28. The van der Waals surface area contributed by atoms with Crippen molar-refractivity contribution in [3.8, 4) is 23.8 Å². The van der Waals surface area contributed by atoms with E-state index < -0.39 is 11.0 Å². The first-order chi connectivity index (χ1) is 18.6. The number of ether oxygens (including phenoxy) is 5. The minimum atomic E-state index is -1.04. The number of methoxy groups -OCH3 is 2. The van der Waals surface area contributed by atoms with Crippen molar-refractivity contribution in [2.45, 2.75) is 5.60 Å². The third-order valence-corrected chi connectivity index (χ3v) is 6.34. The van der Waals surface area contributed by atoms with Gasteiger partial charge in [0.2, 0.25) is 0 Å². The molecule has 0 bridgehead atoms. The van der Waals surface area contributed by atoms with Gasteiger partial charge in [0.05, 0.1) is 52.7 Å². The third-order valence-electron chi connectivity index (χ3n) is 6.34.